The molecule has 0 aliphatic carbocycles. The molecule has 0 fully saturated rings. The predicted octanol–water partition coefficient (Wildman–Crippen LogP) is 4.02. The lowest BCUT2D eigenvalue weighted by Gasteiger charge is -2.14. The van der Waals surface area contributed by atoms with Crippen LogP contribution in [0.5, 0.6) is 0 Å². The first-order chi connectivity index (χ1) is 12.4. The SMILES string of the molecule is Cc1c(NC(=O)c2cc(C(C)C)nc3ccccc23)cccc1C(N)=O. The lowest BCUT2D eigenvalue weighted by Crippen LogP contribution is -2.17. The first kappa shape index (κ1) is 17.6. The molecular weight excluding hydrogens is 326 g/mol. The number of nitrogens with one attached hydrogen (secondary N) is 1. The van der Waals surface area contributed by atoms with Gasteiger partial charge in [-0.1, -0.05) is 38.1 Å². The van der Waals surface area contributed by atoms with Crippen LogP contribution in [0.4, 0.5) is 5.69 Å². The van der Waals surface area contributed by atoms with Crippen molar-refractivity contribution in [3.05, 3.63) is 70.9 Å². The number of para-hydroxylation sites is 1. The van der Waals surface area contributed by atoms with Gasteiger partial charge in [-0.2, -0.15) is 0 Å². The third-order valence-corrected chi connectivity index (χ3v) is 4.42. The molecule has 5 heteroatoms. The van der Waals surface area contributed by atoms with Crippen molar-refractivity contribution in [2.24, 2.45) is 5.73 Å². The summed E-state index contributed by atoms with van der Waals surface area (Å²) in [4.78, 5) is 29.1. The van der Waals surface area contributed by atoms with Crippen molar-refractivity contribution in [3.8, 4) is 0 Å². The van der Waals surface area contributed by atoms with Gasteiger partial charge in [-0.05, 0) is 42.7 Å². The lowest BCUT2D eigenvalue weighted by atomic mass is 10.0. The molecule has 0 saturated carbocycles. The van der Waals surface area contributed by atoms with Gasteiger partial charge in [0.05, 0.1) is 11.1 Å². The molecule has 3 N–H and O–H groups in total. The minimum atomic E-state index is -0.518. The molecule has 0 saturated heterocycles. The maximum absolute atomic E-state index is 13.0. The molecule has 0 bridgehead atoms. The first-order valence-corrected chi connectivity index (χ1v) is 8.49. The average Bonchev–Trinajstić information content (AvgIpc) is 2.62. The van der Waals surface area contributed by atoms with Crippen LogP contribution in [0.1, 0.15) is 51.7 Å². The van der Waals surface area contributed by atoms with E-state index in [-0.39, 0.29) is 11.8 Å². The molecule has 26 heavy (non-hydrogen) atoms. The summed E-state index contributed by atoms with van der Waals surface area (Å²) in [6.45, 7) is 5.85. The number of carbonyl (C=O) groups excluding carboxylic acids is 2. The average molecular weight is 347 g/mol. The predicted molar refractivity (Wildman–Crippen MR) is 103 cm³/mol. The maximum Gasteiger partial charge on any atom is 0.256 e. The summed E-state index contributed by atoms with van der Waals surface area (Å²) in [5, 5.41) is 3.70. The summed E-state index contributed by atoms with van der Waals surface area (Å²) in [5.74, 6) is -0.559. The van der Waals surface area contributed by atoms with Crippen molar-refractivity contribution < 1.29 is 9.59 Å². The number of rotatable bonds is 4. The fraction of sp³-hybridized carbons (Fsp3) is 0.190. The minimum Gasteiger partial charge on any atom is -0.366 e. The third-order valence-electron chi connectivity index (χ3n) is 4.42. The fourth-order valence-electron chi connectivity index (χ4n) is 2.91. The maximum atomic E-state index is 13.0. The number of aromatic nitrogens is 1. The van der Waals surface area contributed by atoms with E-state index in [1.54, 1.807) is 25.1 Å². The number of nitrogens with zero attached hydrogens (tertiary/aromatic N) is 1. The van der Waals surface area contributed by atoms with Crippen molar-refractivity contribution in [1.82, 2.24) is 4.98 Å². The fourth-order valence-corrected chi connectivity index (χ4v) is 2.91. The van der Waals surface area contributed by atoms with Crippen LogP contribution in [-0.2, 0) is 0 Å². The van der Waals surface area contributed by atoms with Crippen LogP contribution in [0.2, 0.25) is 0 Å². The number of nitrogens with two attached hydrogens (primary N) is 1. The van der Waals surface area contributed by atoms with Crippen LogP contribution in [0.15, 0.2) is 48.5 Å². The van der Waals surface area contributed by atoms with E-state index in [1.165, 1.54) is 0 Å². The van der Waals surface area contributed by atoms with E-state index in [9.17, 15) is 9.59 Å². The van der Waals surface area contributed by atoms with Gasteiger partial charge in [0.15, 0.2) is 0 Å². The van der Waals surface area contributed by atoms with Gasteiger partial charge in [0.2, 0.25) is 5.91 Å². The zero-order chi connectivity index (χ0) is 18.8. The van der Waals surface area contributed by atoms with Gasteiger partial charge < -0.3 is 11.1 Å². The first-order valence-electron chi connectivity index (χ1n) is 8.49. The molecule has 0 spiro atoms. The van der Waals surface area contributed by atoms with E-state index in [0.29, 0.717) is 22.4 Å². The van der Waals surface area contributed by atoms with Gasteiger partial charge >= 0.3 is 0 Å². The van der Waals surface area contributed by atoms with Gasteiger partial charge in [-0.3, -0.25) is 14.6 Å². The summed E-state index contributed by atoms with van der Waals surface area (Å²) >= 11 is 0. The quantitative estimate of drug-likeness (QED) is 0.747. The third kappa shape index (κ3) is 3.28. The Balaban J connectivity index is 2.06. The molecule has 0 aliphatic rings. The molecule has 0 aliphatic heterocycles. The van der Waals surface area contributed by atoms with E-state index in [4.69, 9.17) is 5.73 Å². The van der Waals surface area contributed by atoms with Crippen molar-refractivity contribution in [3.63, 3.8) is 0 Å². The zero-order valence-electron chi connectivity index (χ0n) is 15.0. The van der Waals surface area contributed by atoms with Crippen LogP contribution in [0.25, 0.3) is 10.9 Å². The smallest absolute Gasteiger partial charge is 0.256 e. The Kier molecular flexibility index (Phi) is 4.71. The normalized spacial score (nSPS) is 10.9. The molecule has 0 radical (unpaired) electrons. The molecule has 0 unspecified atom stereocenters. The van der Waals surface area contributed by atoms with E-state index < -0.39 is 5.91 Å². The summed E-state index contributed by atoms with van der Waals surface area (Å²) < 4.78 is 0. The van der Waals surface area contributed by atoms with Crippen molar-refractivity contribution >= 4 is 28.4 Å². The molecule has 2 amide bonds. The molecule has 2 aromatic carbocycles. The Hall–Kier alpha value is -3.21. The Bertz CT molecular complexity index is 1010. The second-order valence-electron chi connectivity index (χ2n) is 6.56. The minimum absolute atomic E-state index is 0.200. The van der Waals surface area contributed by atoms with E-state index in [0.717, 1.165) is 16.6 Å². The molecular formula is C21H21N3O2. The number of benzene rings is 2. The number of fused-ring (bicyclic) bond motifs is 1. The number of pyridine rings is 1. The number of primary amides is 1. The van der Waals surface area contributed by atoms with Gasteiger partial charge in [0, 0.05) is 22.3 Å². The zero-order valence-corrected chi connectivity index (χ0v) is 15.0. The Morgan fingerprint density at radius 1 is 1.04 bits per heavy atom. The molecule has 3 rings (SSSR count). The van der Waals surface area contributed by atoms with Gasteiger partial charge in [-0.25, -0.2) is 0 Å². The Morgan fingerprint density at radius 2 is 1.77 bits per heavy atom. The topological polar surface area (TPSA) is 85.1 Å². The summed E-state index contributed by atoms with van der Waals surface area (Å²) in [7, 11) is 0. The van der Waals surface area contributed by atoms with Crippen LogP contribution < -0.4 is 11.1 Å². The van der Waals surface area contributed by atoms with E-state index in [2.05, 4.69) is 10.3 Å². The highest BCUT2D eigenvalue weighted by Crippen LogP contribution is 2.25. The number of amides is 2. The number of carbonyl (C=O) groups is 2. The summed E-state index contributed by atoms with van der Waals surface area (Å²) in [6, 6.07) is 14.5. The molecule has 132 valence electrons. The lowest BCUT2D eigenvalue weighted by molar-refractivity contribution is 0.0995. The number of anilines is 1. The molecule has 0 atom stereocenters. The van der Waals surface area contributed by atoms with Crippen LogP contribution in [-0.4, -0.2) is 16.8 Å². The monoisotopic (exact) mass is 347 g/mol. The van der Waals surface area contributed by atoms with Crippen LogP contribution in [0.3, 0.4) is 0 Å². The second-order valence-corrected chi connectivity index (χ2v) is 6.56. The van der Waals surface area contributed by atoms with Crippen molar-refractivity contribution in [2.45, 2.75) is 26.7 Å². The number of hydrogen-bond donors (Lipinski definition) is 2. The molecule has 3 aromatic rings. The van der Waals surface area contributed by atoms with E-state index in [1.807, 2.05) is 44.2 Å². The van der Waals surface area contributed by atoms with Crippen LogP contribution >= 0.6 is 0 Å². The summed E-state index contributed by atoms with van der Waals surface area (Å²) in [6.07, 6.45) is 0. The molecule has 5 nitrogen and oxygen atoms in total. The largest absolute Gasteiger partial charge is 0.366 e. The highest BCUT2D eigenvalue weighted by Gasteiger charge is 2.16. The Labute approximate surface area is 152 Å². The van der Waals surface area contributed by atoms with Crippen molar-refractivity contribution in [2.75, 3.05) is 5.32 Å². The van der Waals surface area contributed by atoms with E-state index >= 15 is 0 Å². The highest BCUT2D eigenvalue weighted by atomic mass is 16.2. The van der Waals surface area contributed by atoms with Gasteiger partial charge in [-0.15, -0.1) is 0 Å². The highest BCUT2D eigenvalue weighted by molar-refractivity contribution is 6.13. The standard InChI is InChI=1S/C21H21N3O2/c1-12(2)19-11-16(15-7-4-5-9-18(15)23-19)21(26)24-17-10-6-8-14(13(17)3)20(22)25/h4-12H,1-3H3,(H2,22,25)(H,24,26). The van der Waals surface area contributed by atoms with Crippen molar-refractivity contribution in [1.29, 1.82) is 0 Å². The van der Waals surface area contributed by atoms with Crippen LogP contribution in [0, 0.1) is 6.92 Å². The summed E-state index contributed by atoms with van der Waals surface area (Å²) in [5.41, 5.74) is 9.20. The second kappa shape index (κ2) is 6.96. The number of hydrogen-bond acceptors (Lipinski definition) is 3. The molecule has 1 heterocycles. The Morgan fingerprint density at radius 3 is 2.46 bits per heavy atom. The molecule has 1 aromatic heterocycles. The van der Waals surface area contributed by atoms with Gasteiger partial charge in [0.1, 0.15) is 0 Å². The van der Waals surface area contributed by atoms with Gasteiger partial charge in [0.25, 0.3) is 5.91 Å².